The van der Waals surface area contributed by atoms with E-state index in [4.69, 9.17) is 18.6 Å². The highest BCUT2D eigenvalue weighted by atomic mass is 16.6. The number of ether oxygens (including phenoxy) is 3. The molecule has 0 spiro atoms. The zero-order valence-corrected chi connectivity index (χ0v) is 24.8. The first-order valence-corrected chi connectivity index (χ1v) is 15.5. The zero-order valence-electron chi connectivity index (χ0n) is 24.8. The van der Waals surface area contributed by atoms with Crippen LogP contribution < -0.4 is 10.4 Å². The van der Waals surface area contributed by atoms with Gasteiger partial charge in [0.2, 0.25) is 0 Å². The second-order valence-corrected chi connectivity index (χ2v) is 14.1. The number of carbonyl (C=O) groups excluding carboxylic acids is 2. The van der Waals surface area contributed by atoms with Crippen molar-refractivity contribution < 1.29 is 38.4 Å². The highest BCUT2D eigenvalue weighted by Crippen LogP contribution is 2.67. The molecule has 2 aromatic heterocycles. The third-order valence-corrected chi connectivity index (χ3v) is 11.2. The Labute approximate surface area is 249 Å². The summed E-state index contributed by atoms with van der Waals surface area (Å²) >= 11 is 0. The number of esters is 2. The molecular weight excluding hydrogens is 554 g/mol. The van der Waals surface area contributed by atoms with Crippen LogP contribution in [0.1, 0.15) is 77.4 Å². The van der Waals surface area contributed by atoms with Crippen LogP contribution in [0.4, 0.5) is 0 Å². The Morgan fingerprint density at radius 1 is 1.07 bits per heavy atom. The van der Waals surface area contributed by atoms with E-state index in [9.17, 15) is 24.6 Å². The lowest BCUT2D eigenvalue weighted by molar-refractivity contribution is -0.267. The molecule has 4 aliphatic carbocycles. The maximum Gasteiger partial charge on any atom is 0.345 e. The standard InChI is InChI=1S/C33H39NO9/c1-31-11-10-24(42-29(38)18-8-9-18)32(2,16-40-28(37)17-6-7-17)22(31)14-23(35)33(3)27(31)26(36)25-21(43-33)13-20(41-30(25)39)19-5-4-12-34-15-19/h4-5,12-13,15,17-18,22-24,26-27,35-36H,6-11,14,16H2,1-3H3/t22-,23-,24-,26+,27+,31-,32+,33+/m0/s1. The molecule has 0 amide bonds. The van der Waals surface area contributed by atoms with Crippen LogP contribution in [0, 0.1) is 34.5 Å². The molecule has 7 rings (SSSR count). The Kier molecular flexibility index (Phi) is 6.56. The van der Waals surface area contributed by atoms with Crippen LogP contribution in [-0.2, 0) is 19.1 Å². The van der Waals surface area contributed by atoms with Crippen molar-refractivity contribution in [1.29, 1.82) is 0 Å². The van der Waals surface area contributed by atoms with Gasteiger partial charge in [0.15, 0.2) is 0 Å². The average Bonchev–Trinajstić information content (AvgIpc) is 3.88. The van der Waals surface area contributed by atoms with Crippen molar-refractivity contribution >= 4 is 11.9 Å². The van der Waals surface area contributed by atoms with Crippen LogP contribution >= 0.6 is 0 Å². The third kappa shape index (κ3) is 4.51. The minimum atomic E-state index is -1.29. The lowest BCUT2D eigenvalue weighted by atomic mass is 9.42. The quantitative estimate of drug-likeness (QED) is 0.472. The van der Waals surface area contributed by atoms with Gasteiger partial charge in [-0.3, -0.25) is 14.6 Å². The summed E-state index contributed by atoms with van der Waals surface area (Å²) in [6, 6.07) is 5.06. The number of hydrogen-bond donors (Lipinski definition) is 2. The summed E-state index contributed by atoms with van der Waals surface area (Å²) in [6.07, 6.45) is 4.89. The largest absolute Gasteiger partial charge is 0.484 e. The van der Waals surface area contributed by atoms with E-state index in [-0.39, 0.29) is 59.8 Å². The summed E-state index contributed by atoms with van der Waals surface area (Å²) < 4.78 is 24.2. The average molecular weight is 594 g/mol. The first-order chi connectivity index (χ1) is 20.5. The summed E-state index contributed by atoms with van der Waals surface area (Å²) in [5, 5.41) is 23.8. The molecule has 2 N–H and O–H groups in total. The van der Waals surface area contributed by atoms with E-state index in [2.05, 4.69) is 11.9 Å². The highest BCUT2D eigenvalue weighted by molar-refractivity contribution is 5.75. The lowest BCUT2D eigenvalue weighted by Gasteiger charge is -2.66. The maximum atomic E-state index is 13.4. The number of aliphatic hydroxyl groups is 2. The Bertz CT molecular complexity index is 1500. The lowest BCUT2D eigenvalue weighted by Crippen LogP contribution is -2.71. The minimum absolute atomic E-state index is 0.0216. The van der Waals surface area contributed by atoms with Gasteiger partial charge in [-0.15, -0.1) is 0 Å². The molecule has 0 radical (unpaired) electrons. The van der Waals surface area contributed by atoms with Crippen molar-refractivity contribution in [1.82, 2.24) is 4.98 Å². The molecule has 230 valence electrons. The number of fused-ring (bicyclic) bond motifs is 4. The minimum Gasteiger partial charge on any atom is -0.484 e. The molecule has 2 aromatic rings. The second-order valence-electron chi connectivity index (χ2n) is 14.1. The van der Waals surface area contributed by atoms with Crippen molar-refractivity contribution in [3.8, 4) is 17.1 Å². The molecule has 0 bridgehead atoms. The summed E-state index contributed by atoms with van der Waals surface area (Å²) in [5.41, 5.74) is -2.85. The maximum absolute atomic E-state index is 13.4. The van der Waals surface area contributed by atoms with E-state index in [1.54, 1.807) is 37.5 Å². The van der Waals surface area contributed by atoms with Gasteiger partial charge in [0.1, 0.15) is 35.4 Å². The number of rotatable bonds is 6. The van der Waals surface area contributed by atoms with Crippen molar-refractivity contribution in [2.45, 2.75) is 89.6 Å². The van der Waals surface area contributed by atoms with E-state index < -0.39 is 46.3 Å². The van der Waals surface area contributed by atoms with E-state index >= 15 is 0 Å². The fourth-order valence-electron chi connectivity index (χ4n) is 8.45. The Hall–Kier alpha value is -3.24. The summed E-state index contributed by atoms with van der Waals surface area (Å²) in [6.45, 7) is 5.84. The molecule has 43 heavy (non-hydrogen) atoms. The van der Waals surface area contributed by atoms with E-state index in [0.717, 1.165) is 25.7 Å². The van der Waals surface area contributed by atoms with Crippen molar-refractivity contribution in [3.63, 3.8) is 0 Å². The Morgan fingerprint density at radius 2 is 1.79 bits per heavy atom. The van der Waals surface area contributed by atoms with Crippen LogP contribution in [0.2, 0.25) is 0 Å². The van der Waals surface area contributed by atoms with Crippen LogP contribution in [0.3, 0.4) is 0 Å². The molecular formula is C33H39NO9. The summed E-state index contributed by atoms with van der Waals surface area (Å²) in [4.78, 5) is 43.1. The van der Waals surface area contributed by atoms with Crippen molar-refractivity contribution in [2.24, 2.45) is 34.5 Å². The smallest absolute Gasteiger partial charge is 0.345 e. The molecule has 5 aliphatic rings. The molecule has 3 heterocycles. The van der Waals surface area contributed by atoms with Gasteiger partial charge in [-0.1, -0.05) is 13.8 Å². The van der Waals surface area contributed by atoms with E-state index in [1.807, 2.05) is 6.92 Å². The van der Waals surface area contributed by atoms with Gasteiger partial charge in [0.25, 0.3) is 0 Å². The highest BCUT2D eigenvalue weighted by Gasteiger charge is 2.70. The molecule has 4 fully saturated rings. The van der Waals surface area contributed by atoms with Gasteiger partial charge < -0.3 is 28.8 Å². The van der Waals surface area contributed by atoms with Gasteiger partial charge in [-0.05, 0) is 75.3 Å². The predicted octanol–water partition coefficient (Wildman–Crippen LogP) is 3.96. The summed E-state index contributed by atoms with van der Waals surface area (Å²) in [7, 11) is 0. The molecule has 4 saturated carbocycles. The number of pyridine rings is 1. The van der Waals surface area contributed by atoms with Gasteiger partial charge in [-0.25, -0.2) is 4.79 Å². The first kappa shape index (κ1) is 28.5. The molecule has 0 aromatic carbocycles. The zero-order chi connectivity index (χ0) is 30.3. The van der Waals surface area contributed by atoms with Crippen LogP contribution in [0.25, 0.3) is 11.3 Å². The Morgan fingerprint density at radius 3 is 2.47 bits per heavy atom. The number of aliphatic hydroxyl groups excluding tert-OH is 2. The fourth-order valence-corrected chi connectivity index (χ4v) is 8.45. The Balaban J connectivity index is 1.27. The molecule has 0 saturated heterocycles. The normalized spacial score (nSPS) is 38.1. The molecule has 1 aliphatic heterocycles. The molecule has 10 heteroatoms. The van der Waals surface area contributed by atoms with Crippen LogP contribution in [0.5, 0.6) is 5.75 Å². The topological polar surface area (TPSA) is 145 Å². The number of nitrogens with zero attached hydrogens (tertiary/aromatic N) is 1. The van der Waals surface area contributed by atoms with Crippen LogP contribution in [-0.4, -0.2) is 51.6 Å². The van der Waals surface area contributed by atoms with E-state index in [1.165, 1.54) is 0 Å². The van der Waals surface area contributed by atoms with Crippen molar-refractivity contribution in [2.75, 3.05) is 6.61 Å². The van der Waals surface area contributed by atoms with Crippen LogP contribution in [0.15, 0.2) is 39.8 Å². The van der Waals surface area contributed by atoms with Gasteiger partial charge >= 0.3 is 17.6 Å². The van der Waals surface area contributed by atoms with Gasteiger partial charge in [0.05, 0.1) is 24.0 Å². The SMILES string of the molecule is C[C@]12CC[C@H](OC(=O)C3CC3)[C@](C)(COC(=O)C3CC3)[C@H]1C[C@H](O)[C@@]1(C)Oc3cc(-c4cccnc4)oc(=O)c3[C@@H](O)[C@H]21. The fraction of sp³-hybridized carbons (Fsp3) is 0.636. The van der Waals surface area contributed by atoms with Crippen molar-refractivity contribution in [3.05, 3.63) is 46.6 Å². The monoisotopic (exact) mass is 593 g/mol. The molecule has 8 atom stereocenters. The first-order valence-electron chi connectivity index (χ1n) is 15.5. The number of hydrogen-bond acceptors (Lipinski definition) is 10. The van der Waals surface area contributed by atoms with E-state index in [0.29, 0.717) is 18.4 Å². The predicted molar refractivity (Wildman–Crippen MR) is 152 cm³/mol. The van der Waals surface area contributed by atoms with Gasteiger partial charge in [-0.2, -0.15) is 0 Å². The number of aromatic nitrogens is 1. The molecule has 10 nitrogen and oxygen atoms in total. The summed E-state index contributed by atoms with van der Waals surface area (Å²) in [5.74, 6) is -1.26. The molecule has 0 unspecified atom stereocenters. The third-order valence-electron chi connectivity index (χ3n) is 11.2. The van der Waals surface area contributed by atoms with Gasteiger partial charge in [0, 0.05) is 35.4 Å². The number of carbonyl (C=O) groups is 2. The second kappa shape index (κ2) is 9.89.